The van der Waals surface area contributed by atoms with Crippen LogP contribution < -0.4 is 4.90 Å². The summed E-state index contributed by atoms with van der Waals surface area (Å²) in [6, 6.07) is 4.76. The van der Waals surface area contributed by atoms with Gasteiger partial charge in [0.15, 0.2) is 0 Å². The molecule has 0 radical (unpaired) electrons. The van der Waals surface area contributed by atoms with Crippen molar-refractivity contribution < 1.29 is 9.50 Å². The molecule has 118 valence electrons. The van der Waals surface area contributed by atoms with Crippen LogP contribution in [-0.2, 0) is 5.60 Å². The van der Waals surface area contributed by atoms with Gasteiger partial charge in [-0.15, -0.1) is 0 Å². The van der Waals surface area contributed by atoms with E-state index in [0.717, 1.165) is 6.42 Å². The first kappa shape index (κ1) is 14.0. The highest BCUT2D eigenvalue weighted by Gasteiger charge is 2.38. The van der Waals surface area contributed by atoms with Gasteiger partial charge in [-0.05, 0) is 25.0 Å². The minimum atomic E-state index is -1.13. The normalized spacial score (nSPS) is 21.7. The predicted molar refractivity (Wildman–Crippen MR) is 81.2 cm³/mol. The molecule has 2 N–H and O–H groups in total. The molecule has 0 amide bonds. The van der Waals surface area contributed by atoms with Gasteiger partial charge in [0.2, 0.25) is 0 Å². The van der Waals surface area contributed by atoms with E-state index >= 15 is 0 Å². The molecule has 1 aliphatic heterocycles. The summed E-state index contributed by atoms with van der Waals surface area (Å²) in [5, 5.41) is 21.6. The Balaban J connectivity index is 1.77. The fourth-order valence-electron chi connectivity index (χ4n) is 3.14. The molecule has 3 aromatic rings. The van der Waals surface area contributed by atoms with Crippen molar-refractivity contribution in [2.24, 2.45) is 0 Å². The van der Waals surface area contributed by atoms with Crippen LogP contribution in [-0.4, -0.2) is 43.6 Å². The number of hydrogen-bond donors (Lipinski definition) is 2. The lowest BCUT2D eigenvalue weighted by molar-refractivity contribution is 0.0175. The van der Waals surface area contributed by atoms with Gasteiger partial charge in [0.05, 0.1) is 23.6 Å². The van der Waals surface area contributed by atoms with Gasteiger partial charge in [0.1, 0.15) is 29.3 Å². The third kappa shape index (κ3) is 2.31. The largest absolute Gasteiger partial charge is 0.382 e. The number of benzene rings is 1. The van der Waals surface area contributed by atoms with E-state index in [1.165, 1.54) is 18.6 Å². The summed E-state index contributed by atoms with van der Waals surface area (Å²) in [7, 11) is 0. The predicted octanol–water partition coefficient (Wildman–Crippen LogP) is 1.37. The second-order valence-corrected chi connectivity index (χ2v) is 5.74. The summed E-state index contributed by atoms with van der Waals surface area (Å²) in [5.41, 5.74) is -0.0973. The zero-order valence-electron chi connectivity index (χ0n) is 12.3. The molecule has 0 spiro atoms. The molecule has 8 heteroatoms. The van der Waals surface area contributed by atoms with E-state index in [4.69, 9.17) is 0 Å². The maximum absolute atomic E-state index is 14.3. The van der Waals surface area contributed by atoms with Gasteiger partial charge in [-0.2, -0.15) is 15.4 Å². The maximum Gasteiger partial charge on any atom is 0.142 e. The number of piperidine rings is 1. The van der Waals surface area contributed by atoms with Crippen molar-refractivity contribution in [2.45, 2.75) is 18.4 Å². The number of nitrogens with zero attached hydrogens (tertiary/aromatic N) is 5. The highest BCUT2D eigenvalue weighted by molar-refractivity contribution is 5.89. The SMILES string of the molecule is O[C@@]1(c2cn[nH]n2)CCCN(c2ncnc3cccc(F)c23)C1. The Hall–Kier alpha value is -2.61. The van der Waals surface area contributed by atoms with E-state index in [1.54, 1.807) is 12.1 Å². The quantitative estimate of drug-likeness (QED) is 0.742. The average Bonchev–Trinajstić information content (AvgIpc) is 3.10. The molecule has 1 atom stereocenters. The fraction of sp³-hybridized carbons (Fsp3) is 0.333. The van der Waals surface area contributed by atoms with Gasteiger partial charge < -0.3 is 10.0 Å². The average molecular weight is 314 g/mol. The van der Waals surface area contributed by atoms with Crippen molar-refractivity contribution in [3.05, 3.63) is 42.2 Å². The zero-order valence-corrected chi connectivity index (χ0v) is 12.3. The molecule has 1 fully saturated rings. The number of halogens is 1. The van der Waals surface area contributed by atoms with Crippen molar-refractivity contribution in [1.29, 1.82) is 0 Å². The molecule has 23 heavy (non-hydrogen) atoms. The molecule has 4 rings (SSSR count). The van der Waals surface area contributed by atoms with Crippen LogP contribution in [0.15, 0.2) is 30.7 Å². The lowest BCUT2D eigenvalue weighted by Crippen LogP contribution is -2.47. The Bertz CT molecular complexity index is 834. The Morgan fingerprint density at radius 1 is 1.30 bits per heavy atom. The van der Waals surface area contributed by atoms with Gasteiger partial charge in [0.25, 0.3) is 0 Å². The number of aromatic amines is 1. The Morgan fingerprint density at radius 2 is 2.22 bits per heavy atom. The van der Waals surface area contributed by atoms with E-state index in [2.05, 4.69) is 25.4 Å². The molecule has 0 aliphatic carbocycles. The van der Waals surface area contributed by atoms with Gasteiger partial charge in [-0.3, -0.25) is 0 Å². The van der Waals surface area contributed by atoms with E-state index in [9.17, 15) is 9.50 Å². The molecule has 1 aromatic carbocycles. The number of anilines is 1. The first-order valence-electron chi connectivity index (χ1n) is 7.40. The van der Waals surface area contributed by atoms with Crippen molar-refractivity contribution >= 4 is 16.7 Å². The third-order valence-corrected chi connectivity index (χ3v) is 4.25. The molecule has 3 heterocycles. The van der Waals surface area contributed by atoms with E-state index in [-0.39, 0.29) is 12.4 Å². The maximum atomic E-state index is 14.3. The van der Waals surface area contributed by atoms with Crippen LogP contribution in [0, 0.1) is 5.82 Å². The monoisotopic (exact) mass is 314 g/mol. The van der Waals surface area contributed by atoms with Gasteiger partial charge in [-0.1, -0.05) is 6.07 Å². The molecule has 1 aliphatic rings. The fourth-order valence-corrected chi connectivity index (χ4v) is 3.14. The molecule has 0 bridgehead atoms. The number of nitrogens with one attached hydrogen (secondary N) is 1. The van der Waals surface area contributed by atoms with Crippen LogP contribution in [0.25, 0.3) is 10.9 Å². The molecule has 0 saturated carbocycles. The van der Waals surface area contributed by atoms with Crippen LogP contribution in [0.2, 0.25) is 0 Å². The van der Waals surface area contributed by atoms with Crippen LogP contribution in [0.5, 0.6) is 0 Å². The van der Waals surface area contributed by atoms with Crippen LogP contribution in [0.1, 0.15) is 18.5 Å². The standard InChI is InChI=1S/C15H15FN6O/c16-10-3-1-4-11-13(10)14(18-9-17-11)22-6-2-5-15(23,8-22)12-7-19-21-20-12/h1,3-4,7,9,23H,2,5-6,8H2,(H,19,20,21)/t15-/m0/s1. The molecule has 1 saturated heterocycles. The lowest BCUT2D eigenvalue weighted by atomic mass is 9.90. The smallest absolute Gasteiger partial charge is 0.142 e. The van der Waals surface area contributed by atoms with Gasteiger partial charge in [-0.25, -0.2) is 14.4 Å². The summed E-state index contributed by atoms with van der Waals surface area (Å²) < 4.78 is 14.3. The topological polar surface area (TPSA) is 90.8 Å². The lowest BCUT2D eigenvalue weighted by Gasteiger charge is -2.38. The summed E-state index contributed by atoms with van der Waals surface area (Å²) >= 11 is 0. The number of rotatable bonds is 2. The highest BCUT2D eigenvalue weighted by Crippen LogP contribution is 2.34. The molecular formula is C15H15FN6O. The Morgan fingerprint density at radius 3 is 3.04 bits per heavy atom. The summed E-state index contributed by atoms with van der Waals surface area (Å²) in [4.78, 5) is 10.3. The number of aromatic nitrogens is 5. The summed E-state index contributed by atoms with van der Waals surface area (Å²) in [6.07, 6.45) is 4.24. The summed E-state index contributed by atoms with van der Waals surface area (Å²) in [5.74, 6) is 0.128. The highest BCUT2D eigenvalue weighted by atomic mass is 19.1. The molecule has 2 aromatic heterocycles. The number of fused-ring (bicyclic) bond motifs is 1. The molecule has 7 nitrogen and oxygen atoms in total. The third-order valence-electron chi connectivity index (χ3n) is 4.25. The second-order valence-electron chi connectivity index (χ2n) is 5.74. The van der Waals surface area contributed by atoms with E-state index in [1.807, 2.05) is 4.90 Å². The van der Waals surface area contributed by atoms with Crippen molar-refractivity contribution in [3.63, 3.8) is 0 Å². The van der Waals surface area contributed by atoms with Crippen molar-refractivity contribution in [1.82, 2.24) is 25.4 Å². The van der Waals surface area contributed by atoms with Gasteiger partial charge in [0, 0.05) is 6.54 Å². The Kier molecular flexibility index (Phi) is 3.19. The van der Waals surface area contributed by atoms with Gasteiger partial charge >= 0.3 is 0 Å². The van der Waals surface area contributed by atoms with Crippen molar-refractivity contribution in [2.75, 3.05) is 18.0 Å². The van der Waals surface area contributed by atoms with Crippen LogP contribution >= 0.6 is 0 Å². The number of aliphatic hydroxyl groups is 1. The number of H-pyrrole nitrogens is 1. The molecule has 0 unspecified atom stereocenters. The number of β-amino-alcohol motifs (C(OH)–C–C–N with tert-alkyl or cyclic N) is 1. The van der Waals surface area contributed by atoms with Crippen LogP contribution in [0.4, 0.5) is 10.2 Å². The van der Waals surface area contributed by atoms with Crippen molar-refractivity contribution in [3.8, 4) is 0 Å². The minimum absolute atomic E-state index is 0.278. The zero-order chi connectivity index (χ0) is 15.9. The summed E-state index contributed by atoms with van der Waals surface area (Å²) in [6.45, 7) is 0.959. The first-order chi connectivity index (χ1) is 11.2. The number of hydrogen-bond acceptors (Lipinski definition) is 6. The van der Waals surface area contributed by atoms with E-state index in [0.29, 0.717) is 35.4 Å². The Labute approximate surface area is 131 Å². The second kappa shape index (κ2) is 5.24. The first-order valence-corrected chi connectivity index (χ1v) is 7.40. The molecular weight excluding hydrogens is 299 g/mol. The van der Waals surface area contributed by atoms with Crippen LogP contribution in [0.3, 0.4) is 0 Å². The minimum Gasteiger partial charge on any atom is -0.382 e. The van der Waals surface area contributed by atoms with E-state index < -0.39 is 5.60 Å².